The van der Waals surface area contributed by atoms with Gasteiger partial charge in [0.05, 0.1) is 24.4 Å². The van der Waals surface area contributed by atoms with E-state index in [1.54, 1.807) is 12.3 Å². The van der Waals surface area contributed by atoms with Crippen LogP contribution in [0.15, 0.2) is 41.0 Å². The predicted molar refractivity (Wildman–Crippen MR) is 56.8 cm³/mol. The molecule has 0 unspecified atom stereocenters. The van der Waals surface area contributed by atoms with Crippen molar-refractivity contribution < 1.29 is 4.42 Å². The van der Waals surface area contributed by atoms with Crippen LogP contribution in [0.3, 0.4) is 0 Å². The van der Waals surface area contributed by atoms with Crippen molar-refractivity contribution in [2.75, 3.05) is 0 Å². The molecule has 1 heterocycles. The molecule has 15 heavy (non-hydrogen) atoms. The smallest absolute Gasteiger partial charge is 0.125 e. The van der Waals surface area contributed by atoms with Gasteiger partial charge in [0, 0.05) is 5.56 Å². The number of hydrogen-bond donors (Lipinski definition) is 1. The molecule has 3 nitrogen and oxygen atoms in total. The van der Waals surface area contributed by atoms with Crippen LogP contribution in [0.25, 0.3) is 11.1 Å². The third-order valence-corrected chi connectivity index (χ3v) is 2.23. The summed E-state index contributed by atoms with van der Waals surface area (Å²) < 4.78 is 5.23. The lowest BCUT2D eigenvalue weighted by Gasteiger charge is -2.00. The maximum absolute atomic E-state index is 8.79. The monoisotopic (exact) mass is 198 g/mol. The van der Waals surface area contributed by atoms with E-state index in [9.17, 15) is 0 Å². The molecular weight excluding hydrogens is 188 g/mol. The molecule has 0 bridgehead atoms. The van der Waals surface area contributed by atoms with Crippen LogP contribution in [0.1, 0.15) is 11.3 Å². The van der Waals surface area contributed by atoms with E-state index in [0.29, 0.717) is 12.1 Å². The number of nitriles is 1. The number of benzene rings is 1. The van der Waals surface area contributed by atoms with Crippen molar-refractivity contribution in [1.82, 2.24) is 0 Å². The molecule has 0 radical (unpaired) electrons. The van der Waals surface area contributed by atoms with Gasteiger partial charge in [-0.3, -0.25) is 0 Å². The van der Waals surface area contributed by atoms with E-state index in [0.717, 1.165) is 16.9 Å². The highest BCUT2D eigenvalue weighted by Crippen LogP contribution is 2.25. The third-order valence-electron chi connectivity index (χ3n) is 2.23. The first-order chi connectivity index (χ1) is 7.35. The van der Waals surface area contributed by atoms with Crippen molar-refractivity contribution in [2.24, 2.45) is 5.73 Å². The van der Waals surface area contributed by atoms with Gasteiger partial charge in [0.1, 0.15) is 5.76 Å². The highest BCUT2D eigenvalue weighted by atomic mass is 16.3. The average molecular weight is 198 g/mol. The van der Waals surface area contributed by atoms with E-state index in [4.69, 9.17) is 15.4 Å². The van der Waals surface area contributed by atoms with Gasteiger partial charge >= 0.3 is 0 Å². The van der Waals surface area contributed by atoms with Crippen LogP contribution in [0, 0.1) is 11.3 Å². The molecule has 0 saturated heterocycles. The zero-order valence-electron chi connectivity index (χ0n) is 8.10. The Kier molecular flexibility index (Phi) is 2.53. The highest BCUT2D eigenvalue weighted by Gasteiger charge is 2.07. The first-order valence-corrected chi connectivity index (χ1v) is 4.62. The number of nitrogens with two attached hydrogens (primary N) is 1. The Labute approximate surface area is 87.7 Å². The summed E-state index contributed by atoms with van der Waals surface area (Å²) >= 11 is 0. The third kappa shape index (κ3) is 1.76. The second-order valence-electron chi connectivity index (χ2n) is 3.15. The van der Waals surface area contributed by atoms with Gasteiger partial charge in [0.2, 0.25) is 0 Å². The van der Waals surface area contributed by atoms with Crippen molar-refractivity contribution in [3.05, 3.63) is 47.9 Å². The number of nitrogens with zero attached hydrogens (tertiary/aromatic N) is 1. The van der Waals surface area contributed by atoms with E-state index in [-0.39, 0.29) is 0 Å². The zero-order valence-corrected chi connectivity index (χ0v) is 8.10. The van der Waals surface area contributed by atoms with Crippen LogP contribution in [-0.2, 0) is 6.54 Å². The molecular formula is C12H10N2O. The summed E-state index contributed by atoms with van der Waals surface area (Å²) in [5.74, 6) is 0.741. The molecule has 0 saturated carbocycles. The minimum absolute atomic E-state index is 0.360. The summed E-state index contributed by atoms with van der Waals surface area (Å²) in [6.45, 7) is 0.360. The Balaban J connectivity index is 2.50. The standard InChI is InChI=1S/C12H10N2O/c13-7-9-2-1-3-10(6-9)11-4-5-15-12(11)8-14/h1-6H,8,14H2. The molecule has 0 aliphatic carbocycles. The first-order valence-electron chi connectivity index (χ1n) is 4.62. The number of furan rings is 1. The van der Waals surface area contributed by atoms with Crippen molar-refractivity contribution >= 4 is 0 Å². The summed E-state index contributed by atoms with van der Waals surface area (Å²) in [4.78, 5) is 0. The molecule has 0 fully saturated rings. The summed E-state index contributed by atoms with van der Waals surface area (Å²) in [6.07, 6.45) is 1.61. The molecule has 74 valence electrons. The fraction of sp³-hybridized carbons (Fsp3) is 0.0833. The Morgan fingerprint density at radius 3 is 2.93 bits per heavy atom. The minimum Gasteiger partial charge on any atom is -0.467 e. The van der Waals surface area contributed by atoms with Crippen molar-refractivity contribution in [1.29, 1.82) is 5.26 Å². The summed E-state index contributed by atoms with van der Waals surface area (Å²) in [7, 11) is 0. The van der Waals surface area contributed by atoms with Crippen LogP contribution in [0.5, 0.6) is 0 Å². The van der Waals surface area contributed by atoms with Gasteiger partial charge in [-0.15, -0.1) is 0 Å². The normalized spacial score (nSPS) is 9.87. The Bertz CT molecular complexity index is 508. The molecule has 0 aliphatic heterocycles. The molecule has 1 aromatic carbocycles. The zero-order chi connectivity index (χ0) is 10.7. The molecule has 0 amide bonds. The predicted octanol–water partition coefficient (Wildman–Crippen LogP) is 2.28. The Hall–Kier alpha value is -2.05. The van der Waals surface area contributed by atoms with Gasteiger partial charge in [0.15, 0.2) is 0 Å². The van der Waals surface area contributed by atoms with Gasteiger partial charge in [-0.1, -0.05) is 12.1 Å². The lowest BCUT2D eigenvalue weighted by molar-refractivity contribution is 0.513. The van der Waals surface area contributed by atoms with E-state index in [1.807, 2.05) is 24.3 Å². The van der Waals surface area contributed by atoms with Crippen LogP contribution in [0.2, 0.25) is 0 Å². The van der Waals surface area contributed by atoms with Gasteiger partial charge in [-0.05, 0) is 23.8 Å². The van der Waals surface area contributed by atoms with Gasteiger partial charge in [-0.25, -0.2) is 0 Å². The van der Waals surface area contributed by atoms with Gasteiger partial charge in [0.25, 0.3) is 0 Å². The molecule has 0 aliphatic rings. The Morgan fingerprint density at radius 1 is 1.33 bits per heavy atom. The fourth-order valence-electron chi connectivity index (χ4n) is 1.51. The van der Waals surface area contributed by atoms with Crippen LogP contribution < -0.4 is 5.73 Å². The minimum atomic E-state index is 0.360. The molecule has 3 heteroatoms. The summed E-state index contributed by atoms with van der Waals surface area (Å²) in [5, 5.41) is 8.79. The molecule has 2 rings (SSSR count). The first kappa shape index (κ1) is 9.50. The van der Waals surface area contributed by atoms with Crippen molar-refractivity contribution in [3.8, 4) is 17.2 Å². The summed E-state index contributed by atoms with van der Waals surface area (Å²) in [6, 6.07) is 11.3. The van der Waals surface area contributed by atoms with Crippen molar-refractivity contribution in [2.45, 2.75) is 6.54 Å². The largest absolute Gasteiger partial charge is 0.467 e. The molecule has 0 atom stereocenters. The maximum atomic E-state index is 8.79. The quantitative estimate of drug-likeness (QED) is 0.805. The lowest BCUT2D eigenvalue weighted by atomic mass is 10.0. The van der Waals surface area contributed by atoms with Crippen molar-refractivity contribution in [3.63, 3.8) is 0 Å². The van der Waals surface area contributed by atoms with E-state index < -0.39 is 0 Å². The fourth-order valence-corrected chi connectivity index (χ4v) is 1.51. The second kappa shape index (κ2) is 3.99. The topological polar surface area (TPSA) is 63.0 Å². The Morgan fingerprint density at radius 2 is 2.20 bits per heavy atom. The van der Waals surface area contributed by atoms with E-state index >= 15 is 0 Å². The summed E-state index contributed by atoms with van der Waals surface area (Å²) in [5.41, 5.74) is 8.09. The lowest BCUT2D eigenvalue weighted by Crippen LogP contribution is -1.95. The molecule has 1 aromatic heterocycles. The van der Waals surface area contributed by atoms with E-state index in [1.165, 1.54) is 0 Å². The highest BCUT2D eigenvalue weighted by molar-refractivity contribution is 5.66. The number of rotatable bonds is 2. The molecule has 0 spiro atoms. The van der Waals surface area contributed by atoms with Gasteiger partial charge < -0.3 is 10.2 Å². The SMILES string of the molecule is N#Cc1cccc(-c2ccoc2CN)c1. The second-order valence-corrected chi connectivity index (χ2v) is 3.15. The van der Waals surface area contributed by atoms with E-state index in [2.05, 4.69) is 6.07 Å². The average Bonchev–Trinajstić information content (AvgIpc) is 2.77. The molecule has 2 N–H and O–H groups in total. The maximum Gasteiger partial charge on any atom is 0.125 e. The van der Waals surface area contributed by atoms with Crippen LogP contribution >= 0.6 is 0 Å². The van der Waals surface area contributed by atoms with Gasteiger partial charge in [-0.2, -0.15) is 5.26 Å². The number of hydrogen-bond acceptors (Lipinski definition) is 3. The van der Waals surface area contributed by atoms with Crippen LogP contribution in [-0.4, -0.2) is 0 Å². The van der Waals surface area contributed by atoms with Crippen LogP contribution in [0.4, 0.5) is 0 Å². The molecule has 2 aromatic rings.